The highest BCUT2D eigenvalue weighted by molar-refractivity contribution is 7.89. The molecular weight excluding hydrogens is 278 g/mol. The summed E-state index contributed by atoms with van der Waals surface area (Å²) in [6, 6.07) is 5.90. The van der Waals surface area contributed by atoms with Gasteiger partial charge in [-0.3, -0.25) is 4.79 Å². The number of halogens is 1. The highest BCUT2D eigenvalue weighted by atomic mass is 35.5. The lowest BCUT2D eigenvalue weighted by molar-refractivity contribution is -0.140. The van der Waals surface area contributed by atoms with Gasteiger partial charge in [-0.05, 0) is 18.2 Å². The number of sulfonamides is 1. The van der Waals surface area contributed by atoms with E-state index in [-0.39, 0.29) is 18.0 Å². The van der Waals surface area contributed by atoms with Gasteiger partial charge in [0.25, 0.3) is 0 Å². The van der Waals surface area contributed by atoms with Crippen molar-refractivity contribution in [1.82, 2.24) is 4.31 Å². The van der Waals surface area contributed by atoms with Crippen LogP contribution in [0.3, 0.4) is 0 Å². The van der Waals surface area contributed by atoms with E-state index in [1.54, 1.807) is 19.1 Å². The molecule has 5 nitrogen and oxygen atoms in total. The number of rotatable bonds is 5. The molecule has 0 aliphatic heterocycles. The van der Waals surface area contributed by atoms with Crippen molar-refractivity contribution >= 4 is 27.6 Å². The van der Waals surface area contributed by atoms with Crippen LogP contribution in [0.2, 0.25) is 5.02 Å². The first-order valence-corrected chi connectivity index (χ1v) is 7.06. The molecule has 0 saturated heterocycles. The molecule has 0 N–H and O–H groups in total. The first-order chi connectivity index (χ1) is 8.41. The smallest absolute Gasteiger partial charge is 0.321 e. The number of ether oxygens (including phenoxy) is 1. The third kappa shape index (κ3) is 3.44. The van der Waals surface area contributed by atoms with Crippen LogP contribution in [0, 0.1) is 0 Å². The van der Waals surface area contributed by atoms with Crippen molar-refractivity contribution < 1.29 is 17.9 Å². The van der Waals surface area contributed by atoms with Crippen LogP contribution in [0.4, 0.5) is 0 Å². The first kappa shape index (κ1) is 14.9. The van der Waals surface area contributed by atoms with Gasteiger partial charge in [-0.1, -0.05) is 24.6 Å². The molecule has 0 amide bonds. The Morgan fingerprint density at radius 3 is 2.61 bits per heavy atom. The average Bonchev–Trinajstić information content (AvgIpc) is 2.35. The maximum absolute atomic E-state index is 12.2. The Morgan fingerprint density at radius 2 is 2.11 bits per heavy atom. The maximum atomic E-state index is 12.2. The van der Waals surface area contributed by atoms with Gasteiger partial charge in [-0.2, -0.15) is 4.31 Å². The highest BCUT2D eigenvalue weighted by Gasteiger charge is 2.25. The lowest BCUT2D eigenvalue weighted by Gasteiger charge is -2.19. The molecule has 0 atom stereocenters. The third-order valence-corrected chi connectivity index (χ3v) is 4.47. The van der Waals surface area contributed by atoms with Gasteiger partial charge in [0, 0.05) is 11.6 Å². The Labute approximate surface area is 111 Å². The number of methoxy groups -OCH3 is 1. The molecule has 0 spiro atoms. The predicted octanol–water partition coefficient (Wildman–Crippen LogP) is 1.52. The van der Waals surface area contributed by atoms with Gasteiger partial charge in [-0.25, -0.2) is 8.42 Å². The quantitative estimate of drug-likeness (QED) is 0.772. The SMILES string of the molecule is CCN(CC(=O)OC)S(=O)(=O)c1cccc(Cl)c1. The lowest BCUT2D eigenvalue weighted by Crippen LogP contribution is -2.36. The third-order valence-electron chi connectivity index (χ3n) is 2.32. The molecule has 0 fully saturated rings. The number of nitrogens with zero attached hydrogens (tertiary/aromatic N) is 1. The molecule has 0 unspecified atom stereocenters. The molecule has 7 heteroatoms. The minimum absolute atomic E-state index is 0.0563. The number of hydrogen-bond acceptors (Lipinski definition) is 4. The molecular formula is C11H14ClNO4S. The summed E-state index contributed by atoms with van der Waals surface area (Å²) in [5.74, 6) is -0.609. The fourth-order valence-corrected chi connectivity index (χ4v) is 3.05. The zero-order valence-corrected chi connectivity index (χ0v) is 11.7. The number of carbonyl (C=O) groups excluding carboxylic acids is 1. The van der Waals surface area contributed by atoms with Crippen molar-refractivity contribution in [3.05, 3.63) is 29.3 Å². The standard InChI is InChI=1S/C11H14ClNO4S/c1-3-13(8-11(14)17-2)18(15,16)10-6-4-5-9(12)7-10/h4-7H,3,8H2,1-2H3. The minimum Gasteiger partial charge on any atom is -0.468 e. The fourth-order valence-electron chi connectivity index (χ4n) is 1.35. The fraction of sp³-hybridized carbons (Fsp3) is 0.364. The Bertz CT molecular complexity index is 530. The largest absolute Gasteiger partial charge is 0.468 e. The second kappa shape index (κ2) is 6.17. The maximum Gasteiger partial charge on any atom is 0.321 e. The number of benzene rings is 1. The van der Waals surface area contributed by atoms with Crippen LogP contribution in [0.1, 0.15) is 6.92 Å². The number of likely N-dealkylation sites (N-methyl/N-ethyl adjacent to an activating group) is 1. The summed E-state index contributed by atoms with van der Waals surface area (Å²) in [7, 11) is -2.52. The molecule has 0 saturated carbocycles. The van der Waals surface area contributed by atoms with E-state index in [0.29, 0.717) is 5.02 Å². The van der Waals surface area contributed by atoms with Gasteiger partial charge in [-0.15, -0.1) is 0 Å². The Balaban J connectivity index is 3.07. The van der Waals surface area contributed by atoms with Gasteiger partial charge >= 0.3 is 5.97 Å². The number of carbonyl (C=O) groups is 1. The Morgan fingerprint density at radius 1 is 1.44 bits per heavy atom. The van der Waals surface area contributed by atoms with E-state index in [4.69, 9.17) is 11.6 Å². The summed E-state index contributed by atoms with van der Waals surface area (Å²) in [6.07, 6.45) is 0. The summed E-state index contributed by atoms with van der Waals surface area (Å²) in [4.78, 5) is 11.2. The molecule has 0 radical (unpaired) electrons. The molecule has 0 aromatic heterocycles. The van der Waals surface area contributed by atoms with Crippen LogP contribution in [0.25, 0.3) is 0 Å². The highest BCUT2D eigenvalue weighted by Crippen LogP contribution is 2.19. The van der Waals surface area contributed by atoms with Crippen molar-refractivity contribution in [3.8, 4) is 0 Å². The van der Waals surface area contributed by atoms with Crippen LogP contribution in [0.5, 0.6) is 0 Å². The van der Waals surface area contributed by atoms with Gasteiger partial charge in [0.1, 0.15) is 6.54 Å². The van der Waals surface area contributed by atoms with Crippen molar-refractivity contribution in [2.45, 2.75) is 11.8 Å². The Kier molecular flexibility index (Phi) is 5.13. The summed E-state index contributed by atoms with van der Waals surface area (Å²) in [5, 5.41) is 0.324. The summed E-state index contributed by atoms with van der Waals surface area (Å²) in [5.41, 5.74) is 0. The average molecular weight is 292 g/mol. The molecule has 0 aliphatic rings. The van der Waals surface area contributed by atoms with Crippen molar-refractivity contribution in [2.24, 2.45) is 0 Å². The van der Waals surface area contributed by atoms with Gasteiger partial charge in [0.15, 0.2) is 0 Å². The van der Waals surface area contributed by atoms with E-state index in [1.807, 2.05) is 0 Å². The van der Waals surface area contributed by atoms with Crippen molar-refractivity contribution in [1.29, 1.82) is 0 Å². The number of esters is 1. The Hall–Kier alpha value is -1.11. The van der Waals surface area contributed by atoms with Gasteiger partial charge < -0.3 is 4.74 Å². The monoisotopic (exact) mass is 291 g/mol. The summed E-state index contributed by atoms with van der Waals surface area (Å²) in [6.45, 7) is 1.50. The molecule has 1 rings (SSSR count). The van der Waals surface area contributed by atoms with E-state index >= 15 is 0 Å². The van der Waals surface area contributed by atoms with Crippen LogP contribution >= 0.6 is 11.6 Å². The van der Waals surface area contributed by atoms with Crippen molar-refractivity contribution in [3.63, 3.8) is 0 Å². The second-order valence-corrected chi connectivity index (χ2v) is 5.84. The normalized spacial score (nSPS) is 11.6. The first-order valence-electron chi connectivity index (χ1n) is 5.24. The van der Waals surface area contributed by atoms with Crippen molar-refractivity contribution in [2.75, 3.05) is 20.2 Å². The molecule has 0 aliphatic carbocycles. The van der Waals surface area contributed by atoms with E-state index in [0.717, 1.165) is 4.31 Å². The van der Waals surface area contributed by atoms with Crippen LogP contribution < -0.4 is 0 Å². The minimum atomic E-state index is -3.73. The molecule has 18 heavy (non-hydrogen) atoms. The van der Waals surface area contributed by atoms with E-state index < -0.39 is 16.0 Å². The van der Waals surface area contributed by atoms with E-state index in [1.165, 1.54) is 19.2 Å². The van der Waals surface area contributed by atoms with E-state index in [9.17, 15) is 13.2 Å². The summed E-state index contributed by atoms with van der Waals surface area (Å²) >= 11 is 5.76. The molecule has 1 aromatic rings. The second-order valence-electron chi connectivity index (χ2n) is 3.46. The van der Waals surface area contributed by atoms with Gasteiger partial charge in [0.05, 0.1) is 12.0 Å². The number of hydrogen-bond donors (Lipinski definition) is 0. The van der Waals surface area contributed by atoms with Crippen LogP contribution in [-0.2, 0) is 19.6 Å². The van der Waals surface area contributed by atoms with Crippen LogP contribution in [0.15, 0.2) is 29.2 Å². The summed E-state index contributed by atoms with van der Waals surface area (Å²) < 4.78 is 30.0. The molecule has 100 valence electrons. The molecule has 1 aromatic carbocycles. The zero-order valence-electron chi connectivity index (χ0n) is 10.1. The van der Waals surface area contributed by atoms with E-state index in [2.05, 4.69) is 4.74 Å². The van der Waals surface area contributed by atoms with Crippen LogP contribution in [-0.4, -0.2) is 38.9 Å². The molecule has 0 bridgehead atoms. The molecule has 0 heterocycles. The zero-order chi connectivity index (χ0) is 13.8. The topological polar surface area (TPSA) is 63.7 Å². The predicted molar refractivity (Wildman–Crippen MR) is 67.9 cm³/mol. The lowest BCUT2D eigenvalue weighted by atomic mass is 10.4. The van der Waals surface area contributed by atoms with Gasteiger partial charge in [0.2, 0.25) is 10.0 Å².